The van der Waals surface area contributed by atoms with Gasteiger partial charge in [-0.25, -0.2) is 4.39 Å². The van der Waals surface area contributed by atoms with Crippen LogP contribution in [0.25, 0.3) is 11.1 Å². The molecule has 0 spiro atoms. The molecule has 0 atom stereocenters. The Labute approximate surface area is 208 Å². The topological polar surface area (TPSA) is 119 Å². The third-order valence-electron chi connectivity index (χ3n) is 4.73. The molecule has 0 aliphatic rings. The molecule has 0 saturated heterocycles. The van der Waals surface area contributed by atoms with Crippen molar-refractivity contribution >= 4 is 21.4 Å². The Morgan fingerprint density at radius 3 is 1.46 bits per heavy atom. The van der Waals surface area contributed by atoms with Gasteiger partial charge in [0.05, 0.1) is 33.9 Å². The van der Waals surface area contributed by atoms with E-state index in [1.807, 2.05) is 0 Å². The van der Waals surface area contributed by atoms with Crippen LogP contribution in [0.2, 0.25) is 0 Å². The molecule has 202 valence electrons. The van der Waals surface area contributed by atoms with Gasteiger partial charge in [-0.3, -0.25) is 0 Å². The third-order valence-corrected chi connectivity index (χ3v) is 5.89. The largest absolute Gasteiger partial charge is 0.417 e. The van der Waals surface area contributed by atoms with Crippen molar-refractivity contribution in [3.8, 4) is 30.3 Å². The molecule has 39 heavy (non-hydrogen) atoms. The maximum absolute atomic E-state index is 15.0. The Morgan fingerprint density at radius 2 is 1.15 bits per heavy atom. The van der Waals surface area contributed by atoms with Gasteiger partial charge in [0.2, 0.25) is 0 Å². The van der Waals surface area contributed by atoms with Gasteiger partial charge in [-0.15, -0.1) is 0 Å². The van der Waals surface area contributed by atoms with Gasteiger partial charge < -0.3 is 0 Å². The summed E-state index contributed by atoms with van der Waals surface area (Å²) >= 11 is 0. The summed E-state index contributed by atoms with van der Waals surface area (Å²) in [6.07, 6.45) is -11.6. The molecule has 0 radical (unpaired) electrons. The first kappa shape index (κ1) is 30.4. The number of halogens is 12. The Kier molecular flexibility index (Phi) is 6.69. The summed E-state index contributed by atoms with van der Waals surface area (Å²) < 4.78 is 166. The molecule has 5 nitrogen and oxygen atoms in total. The summed E-state index contributed by atoms with van der Waals surface area (Å²) in [6, 6.07) is 2.89. The molecule has 0 aliphatic heterocycles. The van der Waals surface area contributed by atoms with E-state index in [-0.39, 0.29) is 6.07 Å². The molecule has 2 aromatic carbocycles. The molecular weight excluding hydrogens is 582 g/mol. The van der Waals surface area contributed by atoms with Crippen LogP contribution in [0.5, 0.6) is 0 Å². The molecule has 0 aromatic heterocycles. The van der Waals surface area contributed by atoms with Crippen LogP contribution in [-0.2, 0) is 12.4 Å². The van der Waals surface area contributed by atoms with E-state index in [2.05, 4.69) is 0 Å². The lowest BCUT2D eigenvalue weighted by Crippen LogP contribution is -2.31. The predicted molar refractivity (Wildman–Crippen MR) is 106 cm³/mol. The van der Waals surface area contributed by atoms with Crippen LogP contribution in [0.15, 0.2) is 23.1 Å². The van der Waals surface area contributed by atoms with E-state index in [4.69, 9.17) is 15.8 Å². The van der Waals surface area contributed by atoms with E-state index < -0.39 is 94.8 Å². The third kappa shape index (κ3) is 5.69. The molecule has 0 bridgehead atoms. The van der Waals surface area contributed by atoms with Crippen LogP contribution < -0.4 is 10.4 Å². The fourth-order valence-electron chi connectivity index (χ4n) is 3.28. The van der Waals surface area contributed by atoms with Crippen LogP contribution in [0.1, 0.15) is 27.8 Å². The first-order chi connectivity index (χ1) is 17.5. The van der Waals surface area contributed by atoms with Gasteiger partial charge in [0.15, 0.2) is 10.7 Å². The van der Waals surface area contributed by atoms with Crippen molar-refractivity contribution in [2.45, 2.75) is 17.2 Å². The highest BCUT2D eigenvalue weighted by Gasteiger charge is 2.68. The Morgan fingerprint density at radius 1 is 0.692 bits per heavy atom. The van der Waals surface area contributed by atoms with Crippen molar-refractivity contribution in [3.05, 3.63) is 62.3 Å². The predicted octanol–water partition coefficient (Wildman–Crippen LogP) is 6.18. The number of alkyl halides is 6. The van der Waals surface area contributed by atoms with Crippen molar-refractivity contribution in [2.24, 2.45) is 0 Å². The summed E-state index contributed by atoms with van der Waals surface area (Å²) in [5.74, 6) is -3.10. The number of hydrogen-bond acceptors (Lipinski definition) is 5. The van der Waals surface area contributed by atoms with E-state index in [0.29, 0.717) is 12.1 Å². The van der Waals surface area contributed by atoms with Crippen molar-refractivity contribution < 1.29 is 50.2 Å². The monoisotopic (exact) mass is 585 g/mol. The van der Waals surface area contributed by atoms with E-state index in [1.54, 1.807) is 0 Å². The molecule has 2 rings (SSSR count). The van der Waals surface area contributed by atoms with Gasteiger partial charge in [0.1, 0.15) is 29.8 Å². The fraction of sp³-hybridized carbons (Fsp3) is 0.0952. The van der Waals surface area contributed by atoms with Gasteiger partial charge in [-0.2, -0.15) is 52.7 Å². The lowest BCUT2D eigenvalue weighted by Gasteiger charge is -2.41. The Hall–Kier alpha value is -4.86. The maximum Gasteiger partial charge on any atom is 0.417 e. The molecule has 2 aromatic rings. The molecule has 0 aliphatic carbocycles. The van der Waals surface area contributed by atoms with E-state index in [9.17, 15) is 60.7 Å². The second-order valence-corrected chi connectivity index (χ2v) is 9.56. The summed E-state index contributed by atoms with van der Waals surface area (Å²) in [7, 11) is -11.5. The average Bonchev–Trinajstić information content (AvgIpc) is 2.77. The summed E-state index contributed by atoms with van der Waals surface area (Å²) in [5.41, 5.74) is -14.2. The van der Waals surface area contributed by atoms with E-state index >= 15 is 0 Å². The number of hydrogen-bond donors (Lipinski definition) is 0. The molecule has 0 saturated carbocycles. The molecule has 0 amide bonds. The van der Waals surface area contributed by atoms with Crippen LogP contribution >= 0.6 is 10.2 Å². The Balaban J connectivity index is 3.59. The van der Waals surface area contributed by atoms with Crippen molar-refractivity contribution in [3.63, 3.8) is 0 Å². The minimum absolute atomic E-state index is 0.0875. The van der Waals surface area contributed by atoms with Crippen molar-refractivity contribution in [1.29, 1.82) is 26.3 Å². The lowest BCUT2D eigenvalue weighted by atomic mass is 9.92. The fourth-order valence-corrected chi connectivity index (χ4v) is 4.33. The highest BCUT2D eigenvalue weighted by molar-refractivity contribution is 8.45. The zero-order valence-electron chi connectivity index (χ0n) is 17.9. The highest BCUT2D eigenvalue weighted by Crippen LogP contribution is 3.01. The number of nitrogens with zero attached hydrogens (tertiary/aromatic N) is 5. The first-order valence-corrected chi connectivity index (χ1v) is 11.1. The quantitative estimate of drug-likeness (QED) is 0.390. The van der Waals surface area contributed by atoms with Gasteiger partial charge in [-0.1, -0.05) is 19.4 Å². The summed E-state index contributed by atoms with van der Waals surface area (Å²) in [5, 5.41) is 41.0. The molecule has 0 N–H and O–H groups in total. The lowest BCUT2D eigenvalue weighted by molar-refractivity contribution is -0.143. The van der Waals surface area contributed by atoms with Crippen molar-refractivity contribution in [2.75, 3.05) is 0 Å². The van der Waals surface area contributed by atoms with Gasteiger partial charge in [-0.05, 0) is 23.8 Å². The standard InChI is InChI=1S/C21H3F12N5S/c22-18-12(11(5-35)6-36)1-10(4-34)17(19(18)39(29,30,31,32)33)13(7-37)9-2-15(20(23,24)25)14(8-38)16(3-9)21(26,27)28/h1-3H/b17-13+. The van der Waals surface area contributed by atoms with Gasteiger partial charge in [0, 0.05) is 10.4 Å². The van der Waals surface area contributed by atoms with Gasteiger partial charge >= 0.3 is 22.6 Å². The summed E-state index contributed by atoms with van der Waals surface area (Å²) in [6.45, 7) is 0. The number of benzene rings is 2. The molecule has 0 unspecified atom stereocenters. The van der Waals surface area contributed by atoms with Crippen LogP contribution in [0.3, 0.4) is 0 Å². The minimum atomic E-state index is -11.5. The van der Waals surface area contributed by atoms with E-state index in [0.717, 1.165) is 18.2 Å². The van der Waals surface area contributed by atoms with Crippen molar-refractivity contribution in [1.82, 2.24) is 0 Å². The van der Waals surface area contributed by atoms with Crippen LogP contribution in [-0.4, -0.2) is 0 Å². The molecule has 0 heterocycles. The minimum Gasteiger partial charge on any atom is -0.205 e. The number of rotatable bonds is 2. The highest BCUT2D eigenvalue weighted by atomic mass is 32.5. The molecular formula is C21H3F12N5S. The second-order valence-electron chi connectivity index (χ2n) is 7.21. The van der Waals surface area contributed by atoms with Gasteiger partial charge in [0.25, 0.3) is 0 Å². The molecule has 0 fully saturated rings. The zero-order chi connectivity index (χ0) is 30.4. The molecule has 18 heteroatoms. The maximum atomic E-state index is 15.0. The summed E-state index contributed by atoms with van der Waals surface area (Å²) in [4.78, 5) is -3.74. The SMILES string of the molecule is N#CC(C#N)=c1cc(C#N)/c(=C(/C#N)c2cc(C(F)(F)F)c(C#N)c(C(F)(F)F)c2)c(S(F)(F)(F)(F)F)c1F. The van der Waals surface area contributed by atoms with Crippen LogP contribution in [0, 0.1) is 62.5 Å². The Bertz CT molecular complexity index is 1720. The van der Waals surface area contributed by atoms with Crippen LogP contribution in [0.4, 0.5) is 50.2 Å². The normalized spacial score (nSPS) is 14.3. The number of nitriles is 5. The second kappa shape index (κ2) is 8.59. The average molecular weight is 585 g/mol. The smallest absolute Gasteiger partial charge is 0.205 e. The first-order valence-electron chi connectivity index (χ1n) is 9.15. The van der Waals surface area contributed by atoms with E-state index in [1.165, 1.54) is 0 Å². The zero-order valence-corrected chi connectivity index (χ0v) is 18.7.